The fraction of sp³-hybridized carbons (Fsp3) is 0.167. The second kappa shape index (κ2) is 5.60. The molecule has 0 unspecified atom stereocenters. The van der Waals surface area contributed by atoms with E-state index >= 15 is 0 Å². The lowest BCUT2D eigenvalue weighted by atomic mass is 10.3. The molecule has 0 aliphatic rings. The number of hydrogen-bond acceptors (Lipinski definition) is 3. The van der Waals surface area contributed by atoms with Crippen LogP contribution in [-0.4, -0.2) is 15.0 Å². The van der Waals surface area contributed by atoms with Crippen LogP contribution >= 0.6 is 27.3 Å². The van der Waals surface area contributed by atoms with E-state index in [1.54, 1.807) is 24.4 Å². The largest absolute Gasteiger partial charge is 0.273 e. The Kier molecular flexibility index (Phi) is 4.27. The third kappa shape index (κ3) is 2.82. The quantitative estimate of drug-likeness (QED) is 0.826. The molecular formula is C12H11BrFNO2S2. The van der Waals surface area contributed by atoms with Gasteiger partial charge in [-0.3, -0.25) is 4.31 Å². The van der Waals surface area contributed by atoms with Crippen molar-refractivity contribution < 1.29 is 12.8 Å². The van der Waals surface area contributed by atoms with Crippen LogP contribution < -0.4 is 4.31 Å². The van der Waals surface area contributed by atoms with Crippen molar-refractivity contribution in [3.63, 3.8) is 0 Å². The minimum Gasteiger partial charge on any atom is -0.263 e. The van der Waals surface area contributed by atoms with Crippen LogP contribution in [0.2, 0.25) is 0 Å². The molecular weight excluding hydrogens is 353 g/mol. The van der Waals surface area contributed by atoms with Gasteiger partial charge in [-0.05, 0) is 36.6 Å². The fourth-order valence-electron chi connectivity index (χ4n) is 1.67. The van der Waals surface area contributed by atoms with E-state index in [-0.39, 0.29) is 16.4 Å². The summed E-state index contributed by atoms with van der Waals surface area (Å²) in [5, 5.41) is 1.68. The Labute approximate surface area is 123 Å². The van der Waals surface area contributed by atoms with E-state index in [0.29, 0.717) is 4.47 Å². The van der Waals surface area contributed by atoms with Crippen LogP contribution in [0.4, 0.5) is 10.1 Å². The van der Waals surface area contributed by atoms with E-state index in [0.717, 1.165) is 15.6 Å². The van der Waals surface area contributed by atoms with Crippen molar-refractivity contribution in [2.24, 2.45) is 0 Å². The number of rotatable bonds is 4. The molecule has 3 nitrogen and oxygen atoms in total. The van der Waals surface area contributed by atoms with Crippen LogP contribution in [0.1, 0.15) is 6.92 Å². The minimum atomic E-state index is -3.70. The van der Waals surface area contributed by atoms with Gasteiger partial charge in [-0.1, -0.05) is 22.0 Å². The van der Waals surface area contributed by atoms with Crippen molar-refractivity contribution in [1.29, 1.82) is 0 Å². The van der Waals surface area contributed by atoms with Gasteiger partial charge >= 0.3 is 0 Å². The summed E-state index contributed by atoms with van der Waals surface area (Å²) in [6.45, 7) is 1.84. The molecule has 0 N–H and O–H groups in total. The van der Waals surface area contributed by atoms with Crippen molar-refractivity contribution in [1.82, 2.24) is 0 Å². The van der Waals surface area contributed by atoms with Gasteiger partial charge in [0.2, 0.25) is 0 Å². The smallest absolute Gasteiger partial charge is 0.263 e. The molecule has 0 bridgehead atoms. The molecule has 7 heteroatoms. The van der Waals surface area contributed by atoms with Gasteiger partial charge in [0, 0.05) is 11.0 Å². The van der Waals surface area contributed by atoms with Gasteiger partial charge in [0.1, 0.15) is 10.0 Å². The summed E-state index contributed by atoms with van der Waals surface area (Å²) >= 11 is 4.27. The molecule has 1 heterocycles. The van der Waals surface area contributed by atoms with Gasteiger partial charge in [0.05, 0.1) is 5.69 Å². The zero-order valence-electron chi connectivity index (χ0n) is 10.0. The SMILES string of the molecule is CCN(c1ccc(Br)cc1F)S(=O)(=O)c1cccs1. The maximum absolute atomic E-state index is 13.9. The third-order valence-electron chi connectivity index (χ3n) is 2.51. The lowest BCUT2D eigenvalue weighted by Gasteiger charge is -2.22. The summed E-state index contributed by atoms with van der Waals surface area (Å²) in [5.74, 6) is -0.573. The van der Waals surface area contributed by atoms with E-state index in [9.17, 15) is 12.8 Å². The van der Waals surface area contributed by atoms with E-state index in [2.05, 4.69) is 15.9 Å². The minimum absolute atomic E-state index is 0.0547. The van der Waals surface area contributed by atoms with Crippen molar-refractivity contribution in [2.45, 2.75) is 11.1 Å². The molecule has 0 spiro atoms. The second-order valence-corrected chi connectivity index (χ2v) is 7.65. The Morgan fingerprint density at radius 3 is 2.63 bits per heavy atom. The molecule has 1 aromatic heterocycles. The average Bonchev–Trinajstić information content (AvgIpc) is 2.87. The summed E-state index contributed by atoms with van der Waals surface area (Å²) < 4.78 is 40.6. The predicted octanol–water partition coefficient (Wildman–Crippen LogP) is 3.86. The zero-order valence-corrected chi connectivity index (χ0v) is 13.2. The fourth-order valence-corrected chi connectivity index (χ4v) is 4.59. The highest BCUT2D eigenvalue weighted by Crippen LogP contribution is 2.29. The number of nitrogens with zero attached hydrogens (tertiary/aromatic N) is 1. The van der Waals surface area contributed by atoms with Crippen molar-refractivity contribution in [3.8, 4) is 0 Å². The van der Waals surface area contributed by atoms with Crippen LogP contribution in [0.3, 0.4) is 0 Å². The van der Waals surface area contributed by atoms with Crippen molar-refractivity contribution in [3.05, 3.63) is 46.0 Å². The van der Waals surface area contributed by atoms with Crippen LogP contribution in [0.5, 0.6) is 0 Å². The predicted molar refractivity (Wildman–Crippen MR) is 78.6 cm³/mol. The molecule has 0 saturated carbocycles. The van der Waals surface area contributed by atoms with E-state index < -0.39 is 15.8 Å². The summed E-state index contributed by atoms with van der Waals surface area (Å²) in [7, 11) is -3.70. The van der Waals surface area contributed by atoms with Gasteiger partial charge in [0.15, 0.2) is 0 Å². The third-order valence-corrected chi connectivity index (χ3v) is 6.26. The average molecular weight is 364 g/mol. The molecule has 2 aromatic rings. The molecule has 0 atom stereocenters. The standard InChI is InChI=1S/C12H11BrFNO2S2/c1-2-15(11-6-5-9(13)8-10(11)14)19(16,17)12-4-3-7-18-12/h3-8H,2H2,1H3. The Morgan fingerprint density at radius 1 is 1.37 bits per heavy atom. The van der Waals surface area contributed by atoms with Crippen LogP contribution in [0, 0.1) is 5.82 Å². The number of sulfonamides is 1. The molecule has 102 valence electrons. The zero-order chi connectivity index (χ0) is 14.0. The number of hydrogen-bond donors (Lipinski definition) is 0. The second-order valence-electron chi connectivity index (χ2n) is 3.70. The number of anilines is 1. The van der Waals surface area contributed by atoms with E-state index in [4.69, 9.17) is 0 Å². The maximum atomic E-state index is 13.9. The van der Waals surface area contributed by atoms with Crippen LogP contribution in [0.15, 0.2) is 44.4 Å². The van der Waals surface area contributed by atoms with Gasteiger partial charge in [-0.25, -0.2) is 12.8 Å². The van der Waals surface area contributed by atoms with Gasteiger partial charge in [0.25, 0.3) is 10.0 Å². The maximum Gasteiger partial charge on any atom is 0.273 e. The summed E-state index contributed by atoms with van der Waals surface area (Å²) in [6, 6.07) is 7.49. The topological polar surface area (TPSA) is 37.4 Å². The molecule has 0 saturated heterocycles. The molecule has 0 fully saturated rings. The number of benzene rings is 1. The van der Waals surface area contributed by atoms with Crippen LogP contribution in [0.25, 0.3) is 0 Å². The van der Waals surface area contributed by atoms with Crippen molar-refractivity contribution >= 4 is 43.0 Å². The Balaban J connectivity index is 2.51. The Hall–Kier alpha value is -0.920. The normalized spacial score (nSPS) is 11.5. The first-order valence-corrected chi connectivity index (χ1v) is 8.59. The van der Waals surface area contributed by atoms with Gasteiger partial charge in [-0.15, -0.1) is 11.3 Å². The van der Waals surface area contributed by atoms with E-state index in [1.165, 1.54) is 18.2 Å². The summed E-state index contributed by atoms with van der Waals surface area (Å²) in [6.07, 6.45) is 0. The van der Waals surface area contributed by atoms with E-state index in [1.807, 2.05) is 0 Å². The van der Waals surface area contributed by atoms with Crippen LogP contribution in [-0.2, 0) is 10.0 Å². The Morgan fingerprint density at radius 2 is 2.11 bits per heavy atom. The molecule has 0 aliphatic carbocycles. The molecule has 0 amide bonds. The molecule has 1 aromatic carbocycles. The van der Waals surface area contributed by atoms with Crippen molar-refractivity contribution in [2.75, 3.05) is 10.8 Å². The highest BCUT2D eigenvalue weighted by molar-refractivity contribution is 9.10. The monoisotopic (exact) mass is 363 g/mol. The lowest BCUT2D eigenvalue weighted by molar-refractivity contribution is 0.588. The first kappa shape index (κ1) is 14.5. The molecule has 19 heavy (non-hydrogen) atoms. The lowest BCUT2D eigenvalue weighted by Crippen LogP contribution is -2.30. The van der Waals surface area contributed by atoms with Gasteiger partial charge < -0.3 is 0 Å². The molecule has 0 radical (unpaired) electrons. The Bertz CT molecular complexity index is 671. The molecule has 0 aliphatic heterocycles. The summed E-state index contributed by atoms with van der Waals surface area (Å²) in [4.78, 5) is 0. The molecule has 2 rings (SSSR count). The first-order chi connectivity index (χ1) is 8.96. The van der Waals surface area contributed by atoms with Gasteiger partial charge in [-0.2, -0.15) is 0 Å². The number of thiophene rings is 1. The summed E-state index contributed by atoms with van der Waals surface area (Å²) in [5.41, 5.74) is 0.0547. The first-order valence-electron chi connectivity index (χ1n) is 5.48. The number of halogens is 2. The highest BCUT2D eigenvalue weighted by Gasteiger charge is 2.26. The highest BCUT2D eigenvalue weighted by atomic mass is 79.9.